The zero-order valence-corrected chi connectivity index (χ0v) is 17.9. The van der Waals surface area contributed by atoms with E-state index in [0.29, 0.717) is 35.3 Å². The summed E-state index contributed by atoms with van der Waals surface area (Å²) in [5.74, 6) is 1.45. The Balaban J connectivity index is 1.57. The van der Waals surface area contributed by atoms with Crippen LogP contribution < -0.4 is 14.8 Å². The van der Waals surface area contributed by atoms with Gasteiger partial charge in [-0.2, -0.15) is 0 Å². The van der Waals surface area contributed by atoms with Crippen molar-refractivity contribution in [2.75, 3.05) is 20.8 Å². The van der Waals surface area contributed by atoms with Gasteiger partial charge in [0.05, 0.1) is 14.2 Å². The van der Waals surface area contributed by atoms with E-state index in [4.69, 9.17) is 13.9 Å². The minimum absolute atomic E-state index is 0.223. The molecule has 0 bridgehead atoms. The third-order valence-electron chi connectivity index (χ3n) is 4.56. The van der Waals surface area contributed by atoms with E-state index in [0.717, 1.165) is 10.5 Å². The van der Waals surface area contributed by atoms with Crippen molar-refractivity contribution in [3.05, 3.63) is 71.0 Å². The van der Waals surface area contributed by atoms with Crippen molar-refractivity contribution in [3.8, 4) is 11.5 Å². The van der Waals surface area contributed by atoms with Crippen LogP contribution in [0.15, 0.2) is 62.9 Å². The predicted molar refractivity (Wildman–Crippen MR) is 114 cm³/mol. The van der Waals surface area contributed by atoms with Gasteiger partial charge in [0.2, 0.25) is 0 Å². The molecule has 1 N–H and O–H groups in total. The van der Waals surface area contributed by atoms with Crippen LogP contribution >= 0.6 is 11.8 Å². The number of carbonyl (C=O) groups is 1. The molecule has 1 amide bonds. The number of furan rings is 1. The van der Waals surface area contributed by atoms with Crippen LogP contribution in [0.4, 0.5) is 0 Å². The van der Waals surface area contributed by atoms with Crippen molar-refractivity contribution < 1.29 is 18.7 Å². The lowest BCUT2D eigenvalue weighted by molar-refractivity contribution is 0.0921. The second kappa shape index (κ2) is 9.56. The highest BCUT2D eigenvalue weighted by molar-refractivity contribution is 7.99. The highest BCUT2D eigenvalue weighted by atomic mass is 32.2. The molecule has 0 radical (unpaired) electrons. The maximum atomic E-state index is 12.4. The number of carbonyl (C=O) groups excluding carboxylic acids is 1. The summed E-state index contributed by atoms with van der Waals surface area (Å²) in [6.07, 6.45) is 0.677. The van der Waals surface area contributed by atoms with Crippen LogP contribution in [-0.4, -0.2) is 26.7 Å². The SMILES string of the molecule is COc1ccc(CCNC(=O)c2ccc(Sc3c(C)cccc3C)o2)cc1OC. The number of rotatable bonds is 8. The molecule has 2 aromatic carbocycles. The minimum atomic E-state index is -0.223. The first-order chi connectivity index (χ1) is 14.0. The number of hydrogen-bond donors (Lipinski definition) is 1. The molecule has 29 heavy (non-hydrogen) atoms. The van der Waals surface area contributed by atoms with Crippen LogP contribution in [0, 0.1) is 13.8 Å². The lowest BCUT2D eigenvalue weighted by Gasteiger charge is -2.10. The van der Waals surface area contributed by atoms with E-state index in [1.807, 2.05) is 30.3 Å². The summed E-state index contributed by atoms with van der Waals surface area (Å²) in [5.41, 5.74) is 3.42. The number of nitrogens with one attached hydrogen (secondary N) is 1. The Bertz CT molecular complexity index is 976. The molecule has 152 valence electrons. The maximum absolute atomic E-state index is 12.4. The van der Waals surface area contributed by atoms with Crippen LogP contribution in [0.2, 0.25) is 0 Å². The predicted octanol–water partition coefficient (Wildman–Crippen LogP) is 5.04. The standard InChI is InChI=1S/C23H25NO4S/c1-15-6-5-7-16(2)22(15)29-21-11-10-19(28-21)23(25)24-13-12-17-8-9-18(26-3)20(14-17)27-4/h5-11,14H,12-13H2,1-4H3,(H,24,25). The molecule has 6 heteroatoms. The van der Waals surface area contributed by atoms with Gasteiger partial charge in [-0.3, -0.25) is 4.79 Å². The van der Waals surface area contributed by atoms with Crippen LogP contribution in [0.5, 0.6) is 11.5 Å². The number of methoxy groups -OCH3 is 2. The van der Waals surface area contributed by atoms with Crippen molar-refractivity contribution in [2.45, 2.75) is 30.3 Å². The number of amides is 1. The Labute approximate surface area is 175 Å². The highest BCUT2D eigenvalue weighted by Gasteiger charge is 2.13. The summed E-state index contributed by atoms with van der Waals surface area (Å²) in [6.45, 7) is 4.63. The molecule has 0 spiro atoms. The Morgan fingerprint density at radius 1 is 1.00 bits per heavy atom. The van der Waals surface area contributed by atoms with Gasteiger partial charge in [-0.1, -0.05) is 36.0 Å². The quantitative estimate of drug-likeness (QED) is 0.563. The minimum Gasteiger partial charge on any atom is -0.493 e. The molecule has 3 rings (SSSR count). The summed E-state index contributed by atoms with van der Waals surface area (Å²) in [6, 6.07) is 15.5. The maximum Gasteiger partial charge on any atom is 0.287 e. The molecule has 3 aromatic rings. The van der Waals surface area contributed by atoms with Crippen molar-refractivity contribution >= 4 is 17.7 Å². The lowest BCUT2D eigenvalue weighted by atomic mass is 10.1. The van der Waals surface area contributed by atoms with Gasteiger partial charge in [0.15, 0.2) is 22.4 Å². The summed E-state index contributed by atoms with van der Waals surface area (Å²) >= 11 is 1.53. The van der Waals surface area contributed by atoms with Gasteiger partial charge in [-0.05, 0) is 61.2 Å². The Morgan fingerprint density at radius 3 is 2.41 bits per heavy atom. The van der Waals surface area contributed by atoms with Crippen molar-refractivity contribution in [2.24, 2.45) is 0 Å². The summed E-state index contributed by atoms with van der Waals surface area (Å²) in [4.78, 5) is 13.6. The fourth-order valence-corrected chi connectivity index (χ4v) is 3.93. The first kappa shape index (κ1) is 20.9. The van der Waals surface area contributed by atoms with Gasteiger partial charge in [0.1, 0.15) is 0 Å². The molecule has 0 atom stereocenters. The Kier molecular flexibility index (Phi) is 6.88. The largest absolute Gasteiger partial charge is 0.493 e. The lowest BCUT2D eigenvalue weighted by Crippen LogP contribution is -2.25. The topological polar surface area (TPSA) is 60.7 Å². The molecule has 1 heterocycles. The molecule has 0 fully saturated rings. The third kappa shape index (κ3) is 5.15. The van der Waals surface area contributed by atoms with Crippen LogP contribution in [0.25, 0.3) is 0 Å². The first-order valence-electron chi connectivity index (χ1n) is 9.35. The van der Waals surface area contributed by atoms with E-state index >= 15 is 0 Å². The molecule has 0 aliphatic rings. The zero-order valence-electron chi connectivity index (χ0n) is 17.1. The second-order valence-corrected chi connectivity index (χ2v) is 7.65. The van der Waals surface area contributed by atoms with Gasteiger partial charge in [0.25, 0.3) is 5.91 Å². The van der Waals surface area contributed by atoms with Gasteiger partial charge in [-0.25, -0.2) is 0 Å². The van der Waals surface area contributed by atoms with Crippen molar-refractivity contribution in [1.82, 2.24) is 5.32 Å². The molecule has 1 aromatic heterocycles. The van der Waals surface area contributed by atoms with Gasteiger partial charge in [-0.15, -0.1) is 0 Å². The Morgan fingerprint density at radius 2 is 1.72 bits per heavy atom. The van der Waals surface area contributed by atoms with Crippen LogP contribution in [0.3, 0.4) is 0 Å². The number of ether oxygens (including phenoxy) is 2. The summed E-state index contributed by atoms with van der Waals surface area (Å²) < 4.78 is 16.3. The fourth-order valence-electron chi connectivity index (χ4n) is 3.00. The second-order valence-electron chi connectivity index (χ2n) is 6.64. The Hall–Kier alpha value is -2.86. The van der Waals surface area contributed by atoms with Crippen LogP contribution in [-0.2, 0) is 6.42 Å². The molecule has 0 unspecified atom stereocenters. The van der Waals surface area contributed by atoms with E-state index in [2.05, 4.69) is 31.3 Å². The van der Waals surface area contributed by atoms with E-state index in [-0.39, 0.29) is 5.91 Å². The van der Waals surface area contributed by atoms with Gasteiger partial charge in [0, 0.05) is 11.4 Å². The zero-order chi connectivity index (χ0) is 20.8. The average Bonchev–Trinajstić information content (AvgIpc) is 3.19. The normalized spacial score (nSPS) is 10.6. The monoisotopic (exact) mass is 411 g/mol. The smallest absolute Gasteiger partial charge is 0.287 e. The van der Waals surface area contributed by atoms with Gasteiger partial charge < -0.3 is 19.2 Å². The van der Waals surface area contributed by atoms with E-state index in [9.17, 15) is 4.79 Å². The summed E-state index contributed by atoms with van der Waals surface area (Å²) in [5, 5.41) is 3.60. The molecule has 0 saturated carbocycles. The molecular formula is C23H25NO4S. The molecule has 0 saturated heterocycles. The highest BCUT2D eigenvalue weighted by Crippen LogP contribution is 2.34. The molecule has 5 nitrogen and oxygen atoms in total. The molecule has 0 aliphatic carbocycles. The fraction of sp³-hybridized carbons (Fsp3) is 0.261. The van der Waals surface area contributed by atoms with Crippen molar-refractivity contribution in [1.29, 1.82) is 0 Å². The molecular weight excluding hydrogens is 386 g/mol. The third-order valence-corrected chi connectivity index (χ3v) is 5.83. The van der Waals surface area contributed by atoms with E-state index in [1.165, 1.54) is 22.9 Å². The number of benzene rings is 2. The van der Waals surface area contributed by atoms with E-state index in [1.54, 1.807) is 20.3 Å². The number of aryl methyl sites for hydroxylation is 2. The average molecular weight is 412 g/mol. The number of hydrogen-bond acceptors (Lipinski definition) is 5. The van der Waals surface area contributed by atoms with Crippen LogP contribution in [0.1, 0.15) is 27.2 Å². The van der Waals surface area contributed by atoms with Crippen molar-refractivity contribution in [3.63, 3.8) is 0 Å². The summed E-state index contributed by atoms with van der Waals surface area (Å²) in [7, 11) is 3.21. The first-order valence-corrected chi connectivity index (χ1v) is 10.2. The molecule has 0 aliphatic heterocycles. The van der Waals surface area contributed by atoms with E-state index < -0.39 is 0 Å². The van der Waals surface area contributed by atoms with Gasteiger partial charge >= 0.3 is 0 Å².